The van der Waals surface area contributed by atoms with Crippen molar-refractivity contribution in [3.63, 3.8) is 0 Å². The highest BCUT2D eigenvalue weighted by atomic mass is 19.4. The highest BCUT2D eigenvalue weighted by Crippen LogP contribution is 2.31. The summed E-state index contributed by atoms with van der Waals surface area (Å²) in [6.07, 6.45) is -2.95. The highest BCUT2D eigenvalue weighted by molar-refractivity contribution is 6.21. The molecule has 0 aromatic heterocycles. The van der Waals surface area contributed by atoms with Crippen LogP contribution >= 0.6 is 0 Å². The van der Waals surface area contributed by atoms with E-state index in [0.717, 1.165) is 12.1 Å². The van der Waals surface area contributed by atoms with Crippen molar-refractivity contribution in [1.29, 1.82) is 0 Å². The summed E-state index contributed by atoms with van der Waals surface area (Å²) in [5.41, 5.74) is 0.150. The van der Waals surface area contributed by atoms with Crippen molar-refractivity contribution in [2.24, 2.45) is 0 Å². The van der Waals surface area contributed by atoms with Crippen molar-refractivity contribution in [3.8, 4) is 0 Å². The van der Waals surface area contributed by atoms with E-state index in [4.69, 9.17) is 4.74 Å². The molecule has 2 aromatic rings. The molecule has 2 nitrogen and oxygen atoms in total. The maximum Gasteiger partial charge on any atom is 0.416 e. The standard InChI is InChI=1S/C18H15F3O2/c1-2-23-17(22)16(11-13-7-4-3-5-8-13)14-9-6-10-15(12-14)18(19,20)21/h3-12H,2H2,1H3/b16-11-. The number of hydrogen-bond acceptors (Lipinski definition) is 2. The predicted molar refractivity (Wildman–Crippen MR) is 82.4 cm³/mol. The van der Waals surface area contributed by atoms with E-state index in [2.05, 4.69) is 0 Å². The number of benzene rings is 2. The summed E-state index contributed by atoms with van der Waals surface area (Å²) >= 11 is 0. The number of ether oxygens (including phenoxy) is 1. The van der Waals surface area contributed by atoms with E-state index in [1.165, 1.54) is 18.2 Å². The normalized spacial score (nSPS) is 12.1. The summed E-state index contributed by atoms with van der Waals surface area (Å²) in [6, 6.07) is 13.5. The zero-order valence-electron chi connectivity index (χ0n) is 12.4. The van der Waals surface area contributed by atoms with E-state index >= 15 is 0 Å². The largest absolute Gasteiger partial charge is 0.462 e. The van der Waals surface area contributed by atoms with E-state index in [1.54, 1.807) is 31.2 Å². The van der Waals surface area contributed by atoms with Crippen LogP contribution < -0.4 is 0 Å². The van der Waals surface area contributed by atoms with E-state index < -0.39 is 17.7 Å². The van der Waals surface area contributed by atoms with Crippen LogP contribution in [0.2, 0.25) is 0 Å². The topological polar surface area (TPSA) is 26.3 Å². The molecule has 0 amide bonds. The van der Waals surface area contributed by atoms with Crippen molar-refractivity contribution in [2.75, 3.05) is 6.61 Å². The molecule has 0 aliphatic heterocycles. The second kappa shape index (κ2) is 7.13. The minimum absolute atomic E-state index is 0.0872. The molecule has 0 saturated heterocycles. The minimum atomic E-state index is -4.47. The Balaban J connectivity index is 2.50. The smallest absolute Gasteiger partial charge is 0.416 e. The fraction of sp³-hybridized carbons (Fsp3) is 0.167. The molecule has 5 heteroatoms. The summed E-state index contributed by atoms with van der Waals surface area (Å²) in [5, 5.41) is 0. The molecule has 0 bridgehead atoms. The van der Waals surface area contributed by atoms with E-state index in [-0.39, 0.29) is 17.7 Å². The van der Waals surface area contributed by atoms with Crippen LogP contribution in [0.5, 0.6) is 0 Å². The molecule has 0 fully saturated rings. The maximum atomic E-state index is 12.9. The Kier molecular flexibility index (Phi) is 5.21. The van der Waals surface area contributed by atoms with Crippen molar-refractivity contribution in [3.05, 3.63) is 71.3 Å². The molecule has 0 heterocycles. The Bertz CT molecular complexity index is 704. The summed E-state index contributed by atoms with van der Waals surface area (Å²) in [4.78, 5) is 12.1. The number of halogens is 3. The third kappa shape index (κ3) is 4.45. The lowest BCUT2D eigenvalue weighted by Crippen LogP contribution is -2.09. The van der Waals surface area contributed by atoms with Crippen LogP contribution in [0.1, 0.15) is 23.6 Å². The van der Waals surface area contributed by atoms with Gasteiger partial charge in [0.15, 0.2) is 0 Å². The van der Waals surface area contributed by atoms with Gasteiger partial charge in [-0.1, -0.05) is 42.5 Å². The molecule has 0 N–H and O–H groups in total. The second-order valence-corrected chi connectivity index (χ2v) is 4.77. The van der Waals surface area contributed by atoms with Crippen LogP contribution in [0.4, 0.5) is 13.2 Å². The third-order valence-corrected chi connectivity index (χ3v) is 3.11. The van der Waals surface area contributed by atoms with Gasteiger partial charge in [-0.15, -0.1) is 0 Å². The maximum absolute atomic E-state index is 12.9. The SMILES string of the molecule is CCOC(=O)/C(=C\c1ccccc1)c1cccc(C(F)(F)F)c1. The minimum Gasteiger partial charge on any atom is -0.462 e. The number of esters is 1. The second-order valence-electron chi connectivity index (χ2n) is 4.77. The molecule has 0 aliphatic carbocycles. The van der Waals surface area contributed by atoms with Gasteiger partial charge in [0.25, 0.3) is 0 Å². The first kappa shape index (κ1) is 16.8. The third-order valence-electron chi connectivity index (χ3n) is 3.11. The first-order chi connectivity index (χ1) is 10.9. The van der Waals surface area contributed by atoms with Crippen molar-refractivity contribution >= 4 is 17.6 Å². The van der Waals surface area contributed by atoms with Crippen molar-refractivity contribution in [1.82, 2.24) is 0 Å². The molecule has 0 radical (unpaired) electrons. The molecule has 0 atom stereocenters. The number of hydrogen-bond donors (Lipinski definition) is 0. The van der Waals surface area contributed by atoms with Crippen LogP contribution in [0.15, 0.2) is 54.6 Å². The Hall–Kier alpha value is -2.56. The van der Waals surface area contributed by atoms with Crippen LogP contribution in [-0.4, -0.2) is 12.6 Å². The van der Waals surface area contributed by atoms with Crippen molar-refractivity contribution < 1.29 is 22.7 Å². The van der Waals surface area contributed by atoms with Gasteiger partial charge in [0.2, 0.25) is 0 Å². The Morgan fingerprint density at radius 1 is 1.09 bits per heavy atom. The monoisotopic (exact) mass is 320 g/mol. The summed E-state index contributed by atoms with van der Waals surface area (Å²) in [5.74, 6) is -0.657. The molecular weight excluding hydrogens is 305 g/mol. The van der Waals surface area contributed by atoms with Crippen LogP contribution in [0.25, 0.3) is 11.6 Å². The van der Waals surface area contributed by atoms with Gasteiger partial charge in [0.05, 0.1) is 17.7 Å². The van der Waals surface area contributed by atoms with E-state index in [1.807, 2.05) is 6.07 Å². The lowest BCUT2D eigenvalue weighted by Gasteiger charge is -2.11. The first-order valence-electron chi connectivity index (χ1n) is 7.03. The van der Waals surface area contributed by atoms with Crippen LogP contribution in [0, 0.1) is 0 Å². The number of rotatable bonds is 4. The van der Waals surface area contributed by atoms with Gasteiger partial charge in [-0.25, -0.2) is 4.79 Å². The Labute approximate surface area is 132 Å². The lowest BCUT2D eigenvalue weighted by atomic mass is 10.0. The first-order valence-corrected chi connectivity index (χ1v) is 7.03. The average molecular weight is 320 g/mol. The molecule has 2 aromatic carbocycles. The van der Waals surface area contributed by atoms with Crippen molar-refractivity contribution in [2.45, 2.75) is 13.1 Å². The fourth-order valence-corrected chi connectivity index (χ4v) is 2.05. The molecular formula is C18H15F3O2. The number of carbonyl (C=O) groups excluding carboxylic acids is 1. The number of carbonyl (C=O) groups is 1. The predicted octanol–water partition coefficient (Wildman–Crippen LogP) is 4.81. The summed E-state index contributed by atoms with van der Waals surface area (Å²) in [7, 11) is 0. The lowest BCUT2D eigenvalue weighted by molar-refractivity contribution is -0.138. The highest BCUT2D eigenvalue weighted by Gasteiger charge is 2.31. The number of alkyl halides is 3. The van der Waals surface area contributed by atoms with Gasteiger partial charge in [-0.2, -0.15) is 13.2 Å². The quantitative estimate of drug-likeness (QED) is 0.459. The van der Waals surface area contributed by atoms with E-state index in [9.17, 15) is 18.0 Å². The van der Waals surface area contributed by atoms with Gasteiger partial charge in [0, 0.05) is 0 Å². The zero-order chi connectivity index (χ0) is 16.9. The summed E-state index contributed by atoms with van der Waals surface area (Å²) in [6.45, 7) is 1.79. The zero-order valence-corrected chi connectivity index (χ0v) is 12.4. The Morgan fingerprint density at radius 3 is 2.39 bits per heavy atom. The van der Waals surface area contributed by atoms with Gasteiger partial charge in [0.1, 0.15) is 0 Å². The molecule has 0 unspecified atom stereocenters. The van der Waals surface area contributed by atoms with Crippen LogP contribution in [0.3, 0.4) is 0 Å². The molecule has 0 spiro atoms. The van der Waals surface area contributed by atoms with Gasteiger partial charge >= 0.3 is 12.1 Å². The summed E-state index contributed by atoms with van der Waals surface area (Å²) < 4.78 is 43.6. The average Bonchev–Trinajstić information content (AvgIpc) is 2.53. The van der Waals surface area contributed by atoms with Gasteiger partial charge in [-0.05, 0) is 36.3 Å². The van der Waals surface area contributed by atoms with Gasteiger partial charge in [-0.3, -0.25) is 0 Å². The fourth-order valence-electron chi connectivity index (χ4n) is 2.05. The van der Waals surface area contributed by atoms with Crippen LogP contribution in [-0.2, 0) is 15.7 Å². The molecule has 120 valence electrons. The molecule has 0 aliphatic rings. The molecule has 23 heavy (non-hydrogen) atoms. The van der Waals surface area contributed by atoms with E-state index in [0.29, 0.717) is 5.56 Å². The van der Waals surface area contributed by atoms with Gasteiger partial charge < -0.3 is 4.74 Å². The molecule has 2 rings (SSSR count). The molecule has 0 saturated carbocycles. The Morgan fingerprint density at radius 2 is 1.78 bits per heavy atom.